The third kappa shape index (κ3) is 2.66. The summed E-state index contributed by atoms with van der Waals surface area (Å²) in [4.78, 5) is 0. The molecule has 0 saturated carbocycles. The highest BCUT2D eigenvalue weighted by atomic mass is 35.5. The van der Waals surface area contributed by atoms with Crippen molar-refractivity contribution in [1.29, 1.82) is 0 Å². The van der Waals surface area contributed by atoms with Crippen molar-refractivity contribution < 1.29 is 30.2 Å². The summed E-state index contributed by atoms with van der Waals surface area (Å²) in [5, 5.41) is 0.490. The molecule has 0 atom stereocenters. The molecule has 0 aliphatic carbocycles. The number of benzene rings is 2. The molecule has 0 unspecified atom stereocenters. The SMILES string of the molecule is O=S(=O)(Oc1ccc2cc(Cl)ccc2c1F)C(F)(F)F. The highest BCUT2D eigenvalue weighted by Crippen LogP contribution is 2.32. The predicted molar refractivity (Wildman–Crippen MR) is 64.5 cm³/mol. The average Bonchev–Trinajstić information content (AvgIpc) is 2.31. The lowest BCUT2D eigenvalue weighted by Gasteiger charge is -2.11. The summed E-state index contributed by atoms with van der Waals surface area (Å²) in [6.07, 6.45) is 0. The zero-order valence-corrected chi connectivity index (χ0v) is 11.0. The van der Waals surface area contributed by atoms with E-state index >= 15 is 0 Å². The molecule has 2 aromatic carbocycles. The van der Waals surface area contributed by atoms with E-state index in [1.54, 1.807) is 0 Å². The standard InChI is InChI=1S/C11H5ClF4O3S/c12-7-2-3-8-6(5-7)1-4-9(10(8)13)19-20(17,18)11(14,15)16/h1-5H. The Morgan fingerprint density at radius 2 is 1.75 bits per heavy atom. The van der Waals surface area contributed by atoms with Crippen molar-refractivity contribution in [1.82, 2.24) is 0 Å². The molecule has 0 spiro atoms. The third-order valence-corrected chi connectivity index (χ3v) is 3.56. The fourth-order valence-corrected chi connectivity index (χ4v) is 2.11. The van der Waals surface area contributed by atoms with Gasteiger partial charge in [-0.2, -0.15) is 21.6 Å². The van der Waals surface area contributed by atoms with Crippen molar-refractivity contribution in [3.63, 3.8) is 0 Å². The molecule has 2 rings (SSSR count). The van der Waals surface area contributed by atoms with Gasteiger partial charge in [0.15, 0.2) is 11.6 Å². The fourth-order valence-electron chi connectivity index (χ4n) is 1.47. The molecular weight excluding hydrogens is 324 g/mol. The molecule has 9 heteroatoms. The smallest absolute Gasteiger partial charge is 0.373 e. The summed E-state index contributed by atoms with van der Waals surface area (Å²) in [7, 11) is -5.92. The van der Waals surface area contributed by atoms with Crippen LogP contribution in [-0.4, -0.2) is 13.9 Å². The first-order chi connectivity index (χ1) is 9.12. The predicted octanol–water partition coefficient (Wildman–Crippen LogP) is 3.86. The Labute approximate surface area is 115 Å². The third-order valence-electron chi connectivity index (χ3n) is 2.36. The van der Waals surface area contributed by atoms with Crippen LogP contribution in [0.25, 0.3) is 10.8 Å². The number of rotatable bonds is 2. The number of hydrogen-bond donors (Lipinski definition) is 0. The molecule has 0 radical (unpaired) electrons. The molecule has 0 fully saturated rings. The van der Waals surface area contributed by atoms with Crippen LogP contribution in [0.2, 0.25) is 5.02 Å². The fraction of sp³-hybridized carbons (Fsp3) is 0.0909. The van der Waals surface area contributed by atoms with Gasteiger partial charge in [-0.1, -0.05) is 17.7 Å². The minimum atomic E-state index is -5.92. The first-order valence-electron chi connectivity index (χ1n) is 5.00. The molecule has 0 bridgehead atoms. The van der Waals surface area contributed by atoms with Crippen molar-refractivity contribution in [2.24, 2.45) is 0 Å². The zero-order valence-electron chi connectivity index (χ0n) is 9.41. The van der Waals surface area contributed by atoms with Crippen LogP contribution in [0.1, 0.15) is 0 Å². The molecule has 0 N–H and O–H groups in total. The van der Waals surface area contributed by atoms with Crippen LogP contribution in [0.3, 0.4) is 0 Å². The van der Waals surface area contributed by atoms with Gasteiger partial charge in [0, 0.05) is 10.4 Å². The van der Waals surface area contributed by atoms with E-state index in [1.165, 1.54) is 24.3 Å². The number of halogens is 5. The van der Waals surface area contributed by atoms with Gasteiger partial charge in [0.25, 0.3) is 0 Å². The lowest BCUT2D eigenvalue weighted by Crippen LogP contribution is -2.28. The Hall–Kier alpha value is -1.54. The second kappa shape index (κ2) is 4.78. The van der Waals surface area contributed by atoms with Crippen molar-refractivity contribution in [3.8, 4) is 5.75 Å². The van der Waals surface area contributed by atoms with Gasteiger partial charge in [-0.3, -0.25) is 0 Å². The molecule has 0 amide bonds. The molecule has 0 aliphatic heterocycles. The molecule has 0 saturated heterocycles. The summed E-state index contributed by atoms with van der Waals surface area (Å²) in [5.41, 5.74) is -5.63. The van der Waals surface area contributed by atoms with E-state index in [4.69, 9.17) is 11.6 Å². The summed E-state index contributed by atoms with van der Waals surface area (Å²) in [6.45, 7) is 0. The quantitative estimate of drug-likeness (QED) is 0.477. The second-order valence-electron chi connectivity index (χ2n) is 3.73. The second-order valence-corrected chi connectivity index (χ2v) is 5.70. The molecule has 20 heavy (non-hydrogen) atoms. The van der Waals surface area contributed by atoms with Gasteiger partial charge in [0.1, 0.15) is 0 Å². The highest BCUT2D eigenvalue weighted by molar-refractivity contribution is 7.88. The van der Waals surface area contributed by atoms with Gasteiger partial charge in [-0.25, -0.2) is 4.39 Å². The van der Waals surface area contributed by atoms with E-state index in [0.29, 0.717) is 10.4 Å². The van der Waals surface area contributed by atoms with Crippen LogP contribution in [0.15, 0.2) is 30.3 Å². The monoisotopic (exact) mass is 328 g/mol. The van der Waals surface area contributed by atoms with E-state index in [0.717, 1.165) is 6.07 Å². The topological polar surface area (TPSA) is 43.4 Å². The van der Waals surface area contributed by atoms with Gasteiger partial charge in [0.2, 0.25) is 0 Å². The molecule has 3 nitrogen and oxygen atoms in total. The van der Waals surface area contributed by atoms with Crippen molar-refractivity contribution in [2.75, 3.05) is 0 Å². The molecule has 0 heterocycles. The Morgan fingerprint density at radius 3 is 2.35 bits per heavy atom. The normalized spacial score (nSPS) is 12.7. The first kappa shape index (κ1) is 14.9. The molecule has 0 aliphatic rings. The van der Waals surface area contributed by atoms with E-state index in [2.05, 4.69) is 4.18 Å². The first-order valence-corrected chi connectivity index (χ1v) is 6.79. The maximum atomic E-state index is 13.9. The summed E-state index contributed by atoms with van der Waals surface area (Å²) in [6, 6.07) is 5.89. The molecule has 108 valence electrons. The Morgan fingerprint density at radius 1 is 1.10 bits per heavy atom. The maximum Gasteiger partial charge on any atom is 0.534 e. The van der Waals surface area contributed by atoms with Crippen LogP contribution in [0.5, 0.6) is 5.75 Å². The van der Waals surface area contributed by atoms with Gasteiger partial charge in [-0.15, -0.1) is 0 Å². The lowest BCUT2D eigenvalue weighted by atomic mass is 10.1. The molecular formula is C11H5ClF4O3S. The largest absolute Gasteiger partial charge is 0.534 e. The van der Waals surface area contributed by atoms with Crippen molar-refractivity contribution >= 4 is 32.5 Å². The van der Waals surface area contributed by atoms with E-state index in [-0.39, 0.29) is 5.39 Å². The van der Waals surface area contributed by atoms with Crippen molar-refractivity contribution in [2.45, 2.75) is 5.51 Å². The Bertz CT molecular complexity index is 771. The minimum absolute atomic E-state index is 0.107. The van der Waals surface area contributed by atoms with E-state index in [1.807, 2.05) is 0 Å². The Balaban J connectivity index is 2.53. The van der Waals surface area contributed by atoms with Gasteiger partial charge < -0.3 is 4.18 Å². The van der Waals surface area contributed by atoms with Crippen LogP contribution in [0, 0.1) is 5.82 Å². The Kier molecular flexibility index (Phi) is 3.55. The number of alkyl halides is 3. The van der Waals surface area contributed by atoms with Gasteiger partial charge >= 0.3 is 15.6 Å². The lowest BCUT2D eigenvalue weighted by molar-refractivity contribution is -0.0500. The minimum Gasteiger partial charge on any atom is -0.373 e. The van der Waals surface area contributed by atoms with Crippen LogP contribution in [-0.2, 0) is 10.1 Å². The van der Waals surface area contributed by atoms with Crippen LogP contribution in [0.4, 0.5) is 17.6 Å². The van der Waals surface area contributed by atoms with Crippen LogP contribution < -0.4 is 4.18 Å². The zero-order chi connectivity index (χ0) is 15.1. The van der Waals surface area contributed by atoms with E-state index in [9.17, 15) is 26.0 Å². The van der Waals surface area contributed by atoms with Crippen LogP contribution >= 0.6 is 11.6 Å². The highest BCUT2D eigenvalue weighted by Gasteiger charge is 2.48. The maximum absolute atomic E-state index is 13.9. The number of hydrogen-bond acceptors (Lipinski definition) is 3. The molecule has 0 aromatic heterocycles. The summed E-state index contributed by atoms with van der Waals surface area (Å²) in [5.74, 6) is -2.25. The summed E-state index contributed by atoms with van der Waals surface area (Å²) >= 11 is 5.68. The van der Waals surface area contributed by atoms with E-state index < -0.39 is 27.2 Å². The number of fused-ring (bicyclic) bond motifs is 1. The molecule has 2 aromatic rings. The average molecular weight is 329 g/mol. The summed E-state index contributed by atoms with van der Waals surface area (Å²) < 4.78 is 75.8. The van der Waals surface area contributed by atoms with Crippen molar-refractivity contribution in [3.05, 3.63) is 41.2 Å². The van der Waals surface area contributed by atoms with Gasteiger partial charge in [-0.05, 0) is 29.7 Å². The van der Waals surface area contributed by atoms with Gasteiger partial charge in [0.05, 0.1) is 0 Å².